The van der Waals surface area contributed by atoms with E-state index in [1.165, 1.54) is 0 Å². The minimum absolute atomic E-state index is 0.0374. The molecule has 8 heteroatoms. The van der Waals surface area contributed by atoms with E-state index in [0.29, 0.717) is 18.2 Å². The van der Waals surface area contributed by atoms with Crippen LogP contribution in [0.2, 0.25) is 0 Å². The minimum atomic E-state index is -0.480. The molecule has 1 saturated heterocycles. The first-order valence-corrected chi connectivity index (χ1v) is 13.3. The smallest absolute Gasteiger partial charge is 0.247 e. The van der Waals surface area contributed by atoms with Crippen LogP contribution in [0, 0.1) is 5.41 Å². The summed E-state index contributed by atoms with van der Waals surface area (Å²) >= 11 is 5.42. The molecule has 0 bridgehead atoms. The van der Waals surface area contributed by atoms with Crippen molar-refractivity contribution in [3.8, 4) is 0 Å². The number of fused-ring (bicyclic) bond motifs is 1. The molecule has 1 aliphatic heterocycles. The number of thioether (sulfide) groups is 2. The van der Waals surface area contributed by atoms with Crippen LogP contribution in [0.1, 0.15) is 47.5 Å². The second-order valence-electron chi connectivity index (χ2n) is 8.83. The molecule has 1 N–H and O–H groups in total. The molecular weight excluding hydrogens is 434 g/mol. The highest BCUT2D eigenvalue weighted by Gasteiger charge is 2.38. The maximum atomic E-state index is 12.9. The van der Waals surface area contributed by atoms with E-state index < -0.39 is 11.5 Å². The lowest BCUT2D eigenvalue weighted by Gasteiger charge is -2.30. The van der Waals surface area contributed by atoms with Crippen LogP contribution in [0.25, 0.3) is 10.2 Å². The molecule has 1 atom stereocenters. The van der Waals surface area contributed by atoms with Gasteiger partial charge in [-0.3, -0.25) is 9.59 Å². The summed E-state index contributed by atoms with van der Waals surface area (Å²) in [4.78, 5) is 32.0. The van der Waals surface area contributed by atoms with Gasteiger partial charge >= 0.3 is 0 Å². The van der Waals surface area contributed by atoms with Gasteiger partial charge < -0.3 is 10.2 Å². The number of hydrogen-bond donors (Lipinski definition) is 1. The Kier molecular flexibility index (Phi) is 7.74. The Balaban J connectivity index is 1.64. The second-order valence-corrected chi connectivity index (χ2v) is 12.9. The van der Waals surface area contributed by atoms with Crippen LogP contribution in [0.15, 0.2) is 22.5 Å². The Labute approximate surface area is 191 Å². The third-order valence-electron chi connectivity index (χ3n) is 4.85. The highest BCUT2D eigenvalue weighted by molar-refractivity contribution is 8.04. The molecular formula is C22H31N3O2S3. The van der Waals surface area contributed by atoms with Crippen molar-refractivity contribution in [2.24, 2.45) is 5.41 Å². The number of benzene rings is 1. The first-order chi connectivity index (χ1) is 14.1. The third-order valence-corrected chi connectivity index (χ3v) is 8.38. The summed E-state index contributed by atoms with van der Waals surface area (Å²) in [7, 11) is 0. The monoisotopic (exact) mass is 465 g/mol. The fourth-order valence-electron chi connectivity index (χ4n) is 3.39. The third kappa shape index (κ3) is 5.92. The summed E-state index contributed by atoms with van der Waals surface area (Å²) in [6, 6.07) is 5.45. The fourth-order valence-corrected chi connectivity index (χ4v) is 6.41. The number of carbonyl (C=O) groups excluding carboxylic acids is 2. The predicted octanol–water partition coefficient (Wildman–Crippen LogP) is 5.51. The number of carbonyl (C=O) groups is 2. The van der Waals surface area contributed by atoms with E-state index in [0.717, 1.165) is 38.2 Å². The van der Waals surface area contributed by atoms with Gasteiger partial charge in [-0.1, -0.05) is 46.4 Å². The SMILES string of the molecule is CC(C)SCCSc1nc2ccc(NC(=O)C3CCCN3C(=O)C(C)(C)C)cc2s1. The van der Waals surface area contributed by atoms with Gasteiger partial charge in [0.1, 0.15) is 6.04 Å². The van der Waals surface area contributed by atoms with Crippen LogP contribution in [0.3, 0.4) is 0 Å². The van der Waals surface area contributed by atoms with Crippen LogP contribution in [-0.2, 0) is 9.59 Å². The molecule has 1 fully saturated rings. The van der Waals surface area contributed by atoms with Crippen LogP contribution >= 0.6 is 34.9 Å². The number of likely N-dealkylation sites (tertiary alicyclic amines) is 1. The molecule has 0 radical (unpaired) electrons. The molecule has 1 aliphatic rings. The first-order valence-electron chi connectivity index (χ1n) is 10.4. The molecule has 1 unspecified atom stereocenters. The highest BCUT2D eigenvalue weighted by atomic mass is 32.2. The lowest BCUT2D eigenvalue weighted by Crippen LogP contribution is -2.47. The number of rotatable bonds is 7. The quantitative estimate of drug-likeness (QED) is 0.432. The van der Waals surface area contributed by atoms with Crippen LogP contribution in [-0.4, -0.2) is 51.0 Å². The lowest BCUT2D eigenvalue weighted by atomic mass is 9.94. The van der Waals surface area contributed by atoms with E-state index in [-0.39, 0.29) is 11.8 Å². The van der Waals surface area contributed by atoms with Gasteiger partial charge in [0.15, 0.2) is 4.34 Å². The Morgan fingerprint density at radius 3 is 2.77 bits per heavy atom. The zero-order valence-corrected chi connectivity index (χ0v) is 20.8. The van der Waals surface area contributed by atoms with Gasteiger partial charge in [-0.15, -0.1) is 11.3 Å². The number of nitrogens with one attached hydrogen (secondary N) is 1. The summed E-state index contributed by atoms with van der Waals surface area (Å²) in [5, 5.41) is 3.68. The second kappa shape index (κ2) is 9.92. The lowest BCUT2D eigenvalue weighted by molar-refractivity contribution is -0.143. The van der Waals surface area contributed by atoms with E-state index in [2.05, 4.69) is 19.2 Å². The predicted molar refractivity (Wildman–Crippen MR) is 131 cm³/mol. The van der Waals surface area contributed by atoms with Gasteiger partial charge in [0.25, 0.3) is 0 Å². The molecule has 0 saturated carbocycles. The van der Waals surface area contributed by atoms with Crippen LogP contribution < -0.4 is 5.32 Å². The van der Waals surface area contributed by atoms with Crippen molar-refractivity contribution in [1.82, 2.24) is 9.88 Å². The van der Waals surface area contributed by atoms with Crippen molar-refractivity contribution in [3.05, 3.63) is 18.2 Å². The van der Waals surface area contributed by atoms with E-state index in [4.69, 9.17) is 4.98 Å². The number of hydrogen-bond acceptors (Lipinski definition) is 6. The standard InChI is InChI=1S/C22H31N3O2S3/c1-14(2)28-11-12-29-21-24-16-9-8-15(13-18(16)30-21)23-19(26)17-7-6-10-25(17)20(27)22(3,4)5/h8-9,13-14,17H,6-7,10-12H2,1-5H3,(H,23,26). The molecule has 1 aromatic carbocycles. The Morgan fingerprint density at radius 2 is 2.07 bits per heavy atom. The molecule has 2 heterocycles. The molecule has 3 rings (SSSR count). The van der Waals surface area contributed by atoms with E-state index in [1.54, 1.807) is 28.0 Å². The van der Waals surface area contributed by atoms with Gasteiger partial charge in [-0.2, -0.15) is 11.8 Å². The maximum absolute atomic E-state index is 12.9. The van der Waals surface area contributed by atoms with Gasteiger partial charge in [0.2, 0.25) is 11.8 Å². The normalized spacial score (nSPS) is 17.1. The van der Waals surface area contributed by atoms with Gasteiger partial charge in [-0.25, -0.2) is 4.98 Å². The summed E-state index contributed by atoms with van der Waals surface area (Å²) < 4.78 is 2.14. The first kappa shape index (κ1) is 23.4. The average Bonchev–Trinajstić information content (AvgIpc) is 3.30. The van der Waals surface area contributed by atoms with Crippen molar-refractivity contribution >= 4 is 62.6 Å². The maximum Gasteiger partial charge on any atom is 0.247 e. The molecule has 2 aromatic rings. The zero-order chi connectivity index (χ0) is 21.9. The molecule has 0 aliphatic carbocycles. The summed E-state index contributed by atoms with van der Waals surface area (Å²) in [6.45, 7) is 10.8. The fraction of sp³-hybridized carbons (Fsp3) is 0.591. The molecule has 1 aromatic heterocycles. The van der Waals surface area contributed by atoms with Crippen molar-refractivity contribution < 1.29 is 9.59 Å². The number of thiazole rings is 1. The summed E-state index contributed by atoms with van der Waals surface area (Å²) in [5.74, 6) is 2.10. The van der Waals surface area contributed by atoms with E-state index in [1.807, 2.05) is 50.7 Å². The average molecular weight is 466 g/mol. The van der Waals surface area contributed by atoms with Gasteiger partial charge in [-0.05, 0) is 36.3 Å². The van der Waals surface area contributed by atoms with E-state index in [9.17, 15) is 9.59 Å². The summed E-state index contributed by atoms with van der Waals surface area (Å²) in [5.41, 5.74) is 1.24. The van der Waals surface area contributed by atoms with Crippen LogP contribution in [0.5, 0.6) is 0 Å². The van der Waals surface area contributed by atoms with Gasteiger partial charge in [0, 0.05) is 29.2 Å². The Bertz CT molecular complexity index is 905. The Hall–Kier alpha value is -1.25. The number of aromatic nitrogens is 1. The van der Waals surface area contributed by atoms with Crippen LogP contribution in [0.4, 0.5) is 5.69 Å². The van der Waals surface area contributed by atoms with Crippen molar-refractivity contribution in [1.29, 1.82) is 0 Å². The Morgan fingerprint density at radius 1 is 1.30 bits per heavy atom. The molecule has 164 valence electrons. The molecule has 5 nitrogen and oxygen atoms in total. The molecule has 30 heavy (non-hydrogen) atoms. The van der Waals surface area contributed by atoms with Crippen molar-refractivity contribution in [3.63, 3.8) is 0 Å². The minimum Gasteiger partial charge on any atom is -0.330 e. The number of amides is 2. The van der Waals surface area contributed by atoms with E-state index >= 15 is 0 Å². The topological polar surface area (TPSA) is 62.3 Å². The highest BCUT2D eigenvalue weighted by Crippen LogP contribution is 2.32. The largest absolute Gasteiger partial charge is 0.330 e. The number of anilines is 1. The van der Waals surface area contributed by atoms with Crippen molar-refractivity contribution in [2.45, 2.75) is 63.1 Å². The molecule has 2 amide bonds. The summed E-state index contributed by atoms with van der Waals surface area (Å²) in [6.07, 6.45) is 1.58. The number of nitrogens with zero attached hydrogens (tertiary/aromatic N) is 2. The molecule has 0 spiro atoms. The zero-order valence-electron chi connectivity index (χ0n) is 18.4. The van der Waals surface area contributed by atoms with Gasteiger partial charge in [0.05, 0.1) is 10.2 Å². The van der Waals surface area contributed by atoms with Crippen molar-refractivity contribution in [2.75, 3.05) is 23.4 Å².